The van der Waals surface area contributed by atoms with E-state index < -0.39 is 17.4 Å². The zero-order valence-electron chi connectivity index (χ0n) is 22.2. The van der Waals surface area contributed by atoms with Crippen molar-refractivity contribution in [2.45, 2.75) is 135 Å². The minimum Gasteiger partial charge on any atom is -0.390 e. The number of hydrogen-bond acceptors (Lipinski definition) is 2. The second kappa shape index (κ2) is 8.92. The Kier molecular flexibility index (Phi) is 7.02. The molecule has 0 aromatic rings. The Morgan fingerprint density at radius 3 is 2.26 bits per heavy atom. The molecule has 4 rings (SSSR count). The molecule has 0 saturated heterocycles. The predicted octanol–water partition coefficient (Wildman–Crippen LogP) is 7.91. The molecule has 4 fully saturated rings. The molecule has 4 aliphatic rings. The number of fused-ring (bicyclic) bond motifs is 5. The van der Waals surface area contributed by atoms with Crippen molar-refractivity contribution in [1.29, 1.82) is 0 Å². The van der Waals surface area contributed by atoms with Crippen LogP contribution in [0.15, 0.2) is 0 Å². The van der Waals surface area contributed by atoms with E-state index in [0.29, 0.717) is 29.6 Å². The van der Waals surface area contributed by atoms with Gasteiger partial charge in [0.2, 0.25) is 0 Å². The van der Waals surface area contributed by atoms with Gasteiger partial charge in [0.1, 0.15) is 0 Å². The molecule has 0 amide bonds. The number of halogens is 3. The number of rotatable bonds is 5. The lowest BCUT2D eigenvalue weighted by Crippen LogP contribution is -2.52. The van der Waals surface area contributed by atoms with Crippen LogP contribution in [0.1, 0.15) is 118 Å². The summed E-state index contributed by atoms with van der Waals surface area (Å²) in [7, 11) is 0. The first-order chi connectivity index (χ1) is 15.7. The van der Waals surface area contributed by atoms with Crippen molar-refractivity contribution in [3.8, 4) is 0 Å². The van der Waals surface area contributed by atoms with E-state index in [4.69, 9.17) is 0 Å². The molecule has 8 unspecified atom stereocenters. The van der Waals surface area contributed by atoms with Crippen molar-refractivity contribution >= 4 is 0 Å². The fourth-order valence-electron chi connectivity index (χ4n) is 9.77. The van der Waals surface area contributed by atoms with Crippen molar-refractivity contribution in [1.82, 2.24) is 0 Å². The lowest BCUT2D eigenvalue weighted by Gasteiger charge is -2.59. The van der Waals surface area contributed by atoms with Crippen molar-refractivity contribution in [3.63, 3.8) is 0 Å². The van der Waals surface area contributed by atoms with Crippen LogP contribution < -0.4 is 0 Å². The van der Waals surface area contributed by atoms with Crippen LogP contribution in [0.25, 0.3) is 0 Å². The number of alkyl halides is 3. The van der Waals surface area contributed by atoms with Gasteiger partial charge >= 0.3 is 6.18 Å². The standard InChI is InChI=1S/C29H49F3O2/c1-6-28(34)15-7-14-25(3)20(18-28)8-9-21-23-11-10-22(26(23,4)16-13-24(21)25)19(2)12-17-27(5,33)29(30,31)32/h19-24,33-34H,6-18H2,1-5H3/t19-,20?,21?,22?,23?,24?,25?,26?,27-,28?/m1/s1. The highest BCUT2D eigenvalue weighted by molar-refractivity contribution is 5.10. The summed E-state index contributed by atoms with van der Waals surface area (Å²) >= 11 is 0. The minimum absolute atomic E-state index is 0.199. The maximum atomic E-state index is 13.2. The summed E-state index contributed by atoms with van der Waals surface area (Å²) in [5, 5.41) is 21.1. The summed E-state index contributed by atoms with van der Waals surface area (Å²) in [6.45, 7) is 10.2. The largest absolute Gasteiger partial charge is 0.416 e. The van der Waals surface area contributed by atoms with Crippen LogP contribution in [-0.4, -0.2) is 27.6 Å². The molecule has 0 bridgehead atoms. The summed E-state index contributed by atoms with van der Waals surface area (Å²) in [5.41, 5.74) is -2.55. The molecule has 0 spiro atoms. The van der Waals surface area contributed by atoms with E-state index in [-0.39, 0.29) is 17.8 Å². The number of hydrogen-bond donors (Lipinski definition) is 2. The van der Waals surface area contributed by atoms with Crippen LogP contribution in [0.5, 0.6) is 0 Å². The Morgan fingerprint density at radius 2 is 1.62 bits per heavy atom. The molecule has 10 atom stereocenters. The van der Waals surface area contributed by atoms with Gasteiger partial charge < -0.3 is 10.2 Å². The molecular formula is C29H49F3O2. The van der Waals surface area contributed by atoms with Gasteiger partial charge in [-0.25, -0.2) is 0 Å². The molecule has 0 heterocycles. The zero-order chi connectivity index (χ0) is 25.2. The molecule has 0 radical (unpaired) electrons. The Labute approximate surface area is 205 Å². The van der Waals surface area contributed by atoms with Crippen LogP contribution in [0, 0.1) is 46.3 Å². The van der Waals surface area contributed by atoms with Gasteiger partial charge in [-0.2, -0.15) is 13.2 Å². The first-order valence-electron chi connectivity index (χ1n) is 14.2. The lowest BCUT2D eigenvalue weighted by molar-refractivity contribution is -0.256. The van der Waals surface area contributed by atoms with Crippen molar-refractivity contribution in [2.24, 2.45) is 46.3 Å². The molecule has 0 aromatic heterocycles. The van der Waals surface area contributed by atoms with Gasteiger partial charge in [0, 0.05) is 0 Å². The highest BCUT2D eigenvalue weighted by Gasteiger charge is 2.61. The van der Waals surface area contributed by atoms with Gasteiger partial charge in [0.05, 0.1) is 5.60 Å². The normalized spacial score (nSPS) is 47.6. The summed E-state index contributed by atoms with van der Waals surface area (Å²) in [6.07, 6.45) is 8.01. The van der Waals surface area contributed by atoms with Gasteiger partial charge in [-0.15, -0.1) is 0 Å². The summed E-state index contributed by atoms with van der Waals surface area (Å²) in [6, 6.07) is 0. The first kappa shape index (κ1) is 26.8. The molecule has 4 aliphatic carbocycles. The Hall–Kier alpha value is -0.290. The lowest BCUT2D eigenvalue weighted by atomic mass is 9.45. The predicted molar refractivity (Wildman–Crippen MR) is 130 cm³/mol. The van der Waals surface area contributed by atoms with Crippen LogP contribution in [0.3, 0.4) is 0 Å². The Balaban J connectivity index is 1.48. The summed E-state index contributed by atoms with van der Waals surface area (Å²) in [5.74, 6) is 3.39. The molecular weight excluding hydrogens is 437 g/mol. The first-order valence-corrected chi connectivity index (χ1v) is 14.2. The van der Waals surface area contributed by atoms with Crippen LogP contribution in [-0.2, 0) is 0 Å². The topological polar surface area (TPSA) is 40.5 Å². The van der Waals surface area contributed by atoms with Crippen LogP contribution >= 0.6 is 0 Å². The van der Waals surface area contributed by atoms with Gasteiger partial charge in [-0.05, 0) is 130 Å². The van der Waals surface area contributed by atoms with Gasteiger partial charge in [0.25, 0.3) is 0 Å². The maximum absolute atomic E-state index is 13.2. The Morgan fingerprint density at radius 1 is 0.941 bits per heavy atom. The van der Waals surface area contributed by atoms with Gasteiger partial charge in [0.15, 0.2) is 5.60 Å². The SMILES string of the molecule is CCC1(O)CCCC2(C)C(CCC3C2CCC2(C)C3CCC2[C@H](C)CC[C@@](C)(O)C(F)(F)F)C1. The van der Waals surface area contributed by atoms with Gasteiger partial charge in [-0.1, -0.05) is 34.1 Å². The molecule has 0 aromatic carbocycles. The monoisotopic (exact) mass is 486 g/mol. The van der Waals surface area contributed by atoms with E-state index >= 15 is 0 Å². The van der Waals surface area contributed by atoms with E-state index in [9.17, 15) is 23.4 Å². The minimum atomic E-state index is -4.57. The third kappa shape index (κ3) is 4.37. The molecule has 5 heteroatoms. The molecule has 4 saturated carbocycles. The smallest absolute Gasteiger partial charge is 0.390 e. The van der Waals surface area contributed by atoms with Crippen molar-refractivity contribution < 1.29 is 23.4 Å². The van der Waals surface area contributed by atoms with Gasteiger partial charge in [-0.3, -0.25) is 0 Å². The zero-order valence-corrected chi connectivity index (χ0v) is 22.2. The summed E-state index contributed by atoms with van der Waals surface area (Å²) in [4.78, 5) is 0. The molecule has 0 aliphatic heterocycles. The Bertz CT molecular complexity index is 735. The fraction of sp³-hybridized carbons (Fsp3) is 1.00. The highest BCUT2D eigenvalue weighted by atomic mass is 19.4. The quantitative estimate of drug-likeness (QED) is 0.414. The maximum Gasteiger partial charge on any atom is 0.416 e. The molecule has 34 heavy (non-hydrogen) atoms. The van der Waals surface area contributed by atoms with E-state index in [2.05, 4.69) is 27.7 Å². The second-order valence-corrected chi connectivity index (χ2v) is 13.8. The van der Waals surface area contributed by atoms with E-state index in [1.807, 2.05) is 0 Å². The molecule has 2 nitrogen and oxygen atoms in total. The highest BCUT2D eigenvalue weighted by Crippen LogP contribution is 2.68. The summed E-state index contributed by atoms with van der Waals surface area (Å²) < 4.78 is 39.6. The third-order valence-electron chi connectivity index (χ3n) is 12.2. The van der Waals surface area contributed by atoms with Crippen molar-refractivity contribution in [3.05, 3.63) is 0 Å². The van der Waals surface area contributed by atoms with E-state index in [0.717, 1.165) is 50.9 Å². The second-order valence-electron chi connectivity index (χ2n) is 13.8. The molecule has 198 valence electrons. The molecule has 2 N–H and O–H groups in total. The van der Waals surface area contributed by atoms with E-state index in [1.165, 1.54) is 38.5 Å². The fourth-order valence-corrected chi connectivity index (χ4v) is 9.77. The average Bonchev–Trinajstić information content (AvgIpc) is 3.03. The van der Waals surface area contributed by atoms with Crippen LogP contribution in [0.4, 0.5) is 13.2 Å². The third-order valence-corrected chi connectivity index (χ3v) is 12.2. The van der Waals surface area contributed by atoms with Crippen molar-refractivity contribution in [2.75, 3.05) is 0 Å². The average molecular weight is 487 g/mol. The van der Waals surface area contributed by atoms with Crippen LogP contribution in [0.2, 0.25) is 0 Å². The number of aliphatic hydroxyl groups is 2. The van der Waals surface area contributed by atoms with E-state index in [1.54, 1.807) is 0 Å².